The summed E-state index contributed by atoms with van der Waals surface area (Å²) in [6.07, 6.45) is -10.4. The van der Waals surface area contributed by atoms with E-state index in [4.69, 9.17) is 10.8 Å². The Morgan fingerprint density at radius 3 is 2.06 bits per heavy atom. The molecule has 1 fully saturated rings. The van der Waals surface area contributed by atoms with Crippen molar-refractivity contribution in [3.8, 4) is 0 Å². The van der Waals surface area contributed by atoms with Crippen LogP contribution in [-0.2, 0) is 0 Å². The molecule has 0 aromatic heterocycles. The summed E-state index contributed by atoms with van der Waals surface area (Å²) >= 11 is 0. The molecule has 0 aliphatic heterocycles. The summed E-state index contributed by atoms with van der Waals surface area (Å²) in [6, 6.07) is 0. The molecule has 0 heterocycles. The Hall–Kier alpha value is -0.500. The largest absolute Gasteiger partial charge is 0.430 e. The summed E-state index contributed by atoms with van der Waals surface area (Å²) < 4.78 is 74.4. The molecule has 18 heavy (non-hydrogen) atoms. The van der Waals surface area contributed by atoms with Crippen molar-refractivity contribution in [2.24, 2.45) is 17.6 Å². The summed E-state index contributed by atoms with van der Waals surface area (Å²) in [4.78, 5) is 0. The lowest BCUT2D eigenvalue weighted by Gasteiger charge is -2.35. The average molecular weight is 279 g/mol. The van der Waals surface area contributed by atoms with Crippen LogP contribution in [-0.4, -0.2) is 23.2 Å². The van der Waals surface area contributed by atoms with Gasteiger partial charge in [-0.3, -0.25) is 5.73 Å². The first-order valence-corrected chi connectivity index (χ1v) is 5.58. The van der Waals surface area contributed by atoms with Crippen LogP contribution in [0.3, 0.4) is 0 Å². The van der Waals surface area contributed by atoms with Crippen LogP contribution in [0, 0.1) is 11.8 Å². The molecule has 2 nitrogen and oxygen atoms in total. The van der Waals surface area contributed by atoms with Gasteiger partial charge < -0.3 is 5.11 Å². The van der Waals surface area contributed by atoms with Crippen molar-refractivity contribution in [2.45, 2.75) is 50.2 Å². The second-order valence-corrected chi connectivity index (χ2v) is 4.90. The minimum Gasteiger partial charge on any atom is -0.368 e. The van der Waals surface area contributed by atoms with Gasteiger partial charge in [-0.2, -0.15) is 26.3 Å². The van der Waals surface area contributed by atoms with Crippen molar-refractivity contribution < 1.29 is 31.4 Å². The van der Waals surface area contributed by atoms with E-state index in [1.165, 1.54) is 0 Å². The quantitative estimate of drug-likeness (QED) is 0.603. The predicted molar refractivity (Wildman–Crippen MR) is 51.3 cm³/mol. The van der Waals surface area contributed by atoms with Crippen LogP contribution in [0.25, 0.3) is 0 Å². The maximum Gasteiger partial charge on any atom is 0.430 e. The molecule has 108 valence electrons. The molecule has 1 saturated carbocycles. The average Bonchev–Trinajstić information content (AvgIpc) is 2.14. The zero-order valence-corrected chi connectivity index (χ0v) is 9.48. The monoisotopic (exact) mass is 279 g/mol. The highest BCUT2D eigenvalue weighted by Gasteiger charge is 2.53. The maximum absolute atomic E-state index is 12.5. The van der Waals surface area contributed by atoms with Gasteiger partial charge in [0.05, 0.1) is 5.92 Å². The van der Waals surface area contributed by atoms with E-state index in [0.717, 1.165) is 0 Å². The summed E-state index contributed by atoms with van der Waals surface area (Å²) in [6.45, 7) is 0. The molecule has 8 heteroatoms. The lowest BCUT2D eigenvalue weighted by molar-refractivity contribution is -0.266. The SMILES string of the molecule is NC(O)(CC1CCCC(C(F)(F)F)C1)C(F)(F)F. The van der Waals surface area contributed by atoms with Gasteiger partial charge in [0.25, 0.3) is 0 Å². The fraction of sp³-hybridized carbons (Fsp3) is 1.00. The van der Waals surface area contributed by atoms with Crippen molar-refractivity contribution in [3.05, 3.63) is 0 Å². The molecule has 0 aromatic rings. The third-order valence-corrected chi connectivity index (χ3v) is 3.34. The number of rotatable bonds is 2. The van der Waals surface area contributed by atoms with Crippen molar-refractivity contribution in [2.75, 3.05) is 0 Å². The third-order valence-electron chi connectivity index (χ3n) is 3.34. The van der Waals surface area contributed by atoms with Gasteiger partial charge in [0.1, 0.15) is 0 Å². The maximum atomic E-state index is 12.5. The van der Waals surface area contributed by atoms with Crippen LogP contribution < -0.4 is 5.73 Å². The Kier molecular flexibility index (Phi) is 4.22. The van der Waals surface area contributed by atoms with Crippen LogP contribution in [0.4, 0.5) is 26.3 Å². The van der Waals surface area contributed by atoms with E-state index in [-0.39, 0.29) is 19.3 Å². The van der Waals surface area contributed by atoms with Crippen LogP contribution in [0.2, 0.25) is 0 Å². The van der Waals surface area contributed by atoms with Gasteiger partial charge in [-0.25, -0.2) is 0 Å². The van der Waals surface area contributed by atoms with Gasteiger partial charge in [0.2, 0.25) is 5.72 Å². The molecule has 3 N–H and O–H groups in total. The van der Waals surface area contributed by atoms with E-state index in [1.807, 2.05) is 0 Å². The molecule has 3 atom stereocenters. The van der Waals surface area contributed by atoms with E-state index in [0.29, 0.717) is 0 Å². The van der Waals surface area contributed by atoms with Crippen LogP contribution in [0.1, 0.15) is 32.1 Å². The molecule has 3 unspecified atom stereocenters. The standard InChI is InChI=1S/C10H15F6NO/c11-9(12,13)7-3-1-2-6(4-7)5-8(17,18)10(14,15)16/h6-7,18H,1-5,17H2. The second kappa shape index (κ2) is 4.88. The Labute approximate surface area is 100 Å². The summed E-state index contributed by atoms with van der Waals surface area (Å²) in [5.41, 5.74) is 1.32. The van der Waals surface area contributed by atoms with Gasteiger partial charge in [0, 0.05) is 6.42 Å². The number of alkyl halides is 6. The Bertz CT molecular complexity index is 285. The third kappa shape index (κ3) is 3.74. The topological polar surface area (TPSA) is 46.2 Å². The minimum absolute atomic E-state index is 0.0744. The lowest BCUT2D eigenvalue weighted by Crippen LogP contribution is -2.54. The molecule has 0 amide bonds. The number of aliphatic hydroxyl groups is 1. The molecule has 0 saturated heterocycles. The van der Waals surface area contributed by atoms with E-state index in [2.05, 4.69) is 0 Å². The molecule has 1 rings (SSSR count). The molecule has 0 bridgehead atoms. The summed E-state index contributed by atoms with van der Waals surface area (Å²) in [5.74, 6) is -2.46. The molecule has 0 radical (unpaired) electrons. The smallest absolute Gasteiger partial charge is 0.368 e. The normalized spacial score (nSPS) is 30.0. The van der Waals surface area contributed by atoms with Gasteiger partial charge in [-0.1, -0.05) is 12.8 Å². The van der Waals surface area contributed by atoms with E-state index in [1.54, 1.807) is 0 Å². The highest BCUT2D eigenvalue weighted by Crippen LogP contribution is 2.43. The molecule has 0 aromatic carbocycles. The van der Waals surface area contributed by atoms with E-state index < -0.39 is 42.8 Å². The summed E-state index contributed by atoms with van der Waals surface area (Å²) in [5, 5.41) is 9.06. The lowest BCUT2D eigenvalue weighted by atomic mass is 9.77. The van der Waals surface area contributed by atoms with Gasteiger partial charge in [-0.15, -0.1) is 0 Å². The number of hydrogen-bond donors (Lipinski definition) is 2. The number of hydrogen-bond acceptors (Lipinski definition) is 2. The van der Waals surface area contributed by atoms with Crippen molar-refractivity contribution in [1.29, 1.82) is 0 Å². The second-order valence-electron chi connectivity index (χ2n) is 4.90. The van der Waals surface area contributed by atoms with Gasteiger partial charge >= 0.3 is 12.4 Å². The summed E-state index contributed by atoms with van der Waals surface area (Å²) in [7, 11) is 0. The highest BCUT2D eigenvalue weighted by molar-refractivity contribution is 4.86. The molecular weight excluding hydrogens is 264 g/mol. The van der Waals surface area contributed by atoms with Crippen molar-refractivity contribution in [1.82, 2.24) is 0 Å². The Balaban J connectivity index is 2.64. The molecule has 0 spiro atoms. The fourth-order valence-electron chi connectivity index (χ4n) is 2.33. The van der Waals surface area contributed by atoms with E-state index in [9.17, 15) is 26.3 Å². The Morgan fingerprint density at radius 2 is 1.61 bits per heavy atom. The molecular formula is C10H15F6NO. The Morgan fingerprint density at radius 1 is 1.06 bits per heavy atom. The van der Waals surface area contributed by atoms with Crippen LogP contribution >= 0.6 is 0 Å². The molecule has 1 aliphatic carbocycles. The number of halogens is 6. The predicted octanol–water partition coefficient (Wildman–Crippen LogP) is 2.95. The first kappa shape index (κ1) is 15.6. The fourth-order valence-corrected chi connectivity index (χ4v) is 2.33. The zero-order valence-electron chi connectivity index (χ0n) is 9.48. The van der Waals surface area contributed by atoms with Crippen molar-refractivity contribution >= 4 is 0 Å². The van der Waals surface area contributed by atoms with Crippen LogP contribution in [0.15, 0.2) is 0 Å². The minimum atomic E-state index is -5.03. The van der Waals surface area contributed by atoms with E-state index >= 15 is 0 Å². The first-order chi connectivity index (χ1) is 7.93. The first-order valence-electron chi connectivity index (χ1n) is 5.58. The molecule has 1 aliphatic rings. The van der Waals surface area contributed by atoms with Gasteiger partial charge in [-0.05, 0) is 18.8 Å². The van der Waals surface area contributed by atoms with Crippen molar-refractivity contribution in [3.63, 3.8) is 0 Å². The van der Waals surface area contributed by atoms with Crippen LogP contribution in [0.5, 0.6) is 0 Å². The number of nitrogens with two attached hydrogens (primary N) is 1. The highest BCUT2D eigenvalue weighted by atomic mass is 19.4. The van der Waals surface area contributed by atoms with Gasteiger partial charge in [0.15, 0.2) is 0 Å². The zero-order chi connectivity index (χ0) is 14.2.